The lowest BCUT2D eigenvalue weighted by Gasteiger charge is -2.16. The Morgan fingerprint density at radius 2 is 1.69 bits per heavy atom. The Morgan fingerprint density at radius 3 is 2.34 bits per heavy atom. The van der Waals surface area contributed by atoms with Crippen LogP contribution in [0.3, 0.4) is 0 Å². The van der Waals surface area contributed by atoms with Gasteiger partial charge in [0.25, 0.3) is 0 Å². The largest absolute Gasteiger partial charge is 0.418 e. The lowest BCUT2D eigenvalue weighted by molar-refractivity contribution is -0.137. The molecule has 0 saturated heterocycles. The average Bonchev–Trinajstić information content (AvgIpc) is 3.02. The zero-order valence-corrected chi connectivity index (χ0v) is 17.8. The van der Waals surface area contributed by atoms with Gasteiger partial charge in [0.1, 0.15) is 0 Å². The zero-order chi connectivity index (χ0) is 23.5. The number of hydrazone groups is 1. The van der Waals surface area contributed by atoms with Crippen molar-refractivity contribution in [3.63, 3.8) is 0 Å². The van der Waals surface area contributed by atoms with Gasteiger partial charge < -0.3 is 9.88 Å². The number of rotatable bonds is 4. The molecule has 2 amide bonds. The lowest BCUT2D eigenvalue weighted by atomic mass is 10.1. The van der Waals surface area contributed by atoms with Crippen molar-refractivity contribution in [1.82, 2.24) is 9.99 Å². The van der Waals surface area contributed by atoms with Crippen molar-refractivity contribution < 1.29 is 22.8 Å². The highest BCUT2D eigenvalue weighted by Crippen LogP contribution is 2.35. The molecule has 0 unspecified atom stereocenters. The lowest BCUT2D eigenvalue weighted by Crippen LogP contribution is -2.32. The third kappa shape index (κ3) is 5.17. The van der Waals surface area contributed by atoms with Crippen LogP contribution < -0.4 is 10.7 Å². The number of carbonyl (C=O) groups is 2. The average molecular weight is 463 g/mol. The van der Waals surface area contributed by atoms with Crippen molar-refractivity contribution in [2.24, 2.45) is 5.10 Å². The number of anilines is 1. The van der Waals surface area contributed by atoms with E-state index in [1.807, 2.05) is 0 Å². The maximum Gasteiger partial charge on any atom is 0.418 e. The summed E-state index contributed by atoms with van der Waals surface area (Å²) >= 11 is 5.76. The highest BCUT2D eigenvalue weighted by Gasteiger charge is 2.34. The van der Waals surface area contributed by atoms with E-state index in [1.165, 1.54) is 41.1 Å². The fourth-order valence-corrected chi connectivity index (χ4v) is 3.26. The van der Waals surface area contributed by atoms with Crippen LogP contribution in [0.4, 0.5) is 18.9 Å². The molecular formula is C22H18ClF3N4O2. The van der Waals surface area contributed by atoms with Crippen LogP contribution in [0.2, 0.25) is 5.02 Å². The number of hydrogen-bond donors (Lipinski definition) is 2. The van der Waals surface area contributed by atoms with Gasteiger partial charge in [-0.15, -0.1) is 0 Å². The minimum atomic E-state index is -4.51. The fourth-order valence-electron chi connectivity index (χ4n) is 3.13. The first kappa shape index (κ1) is 23.1. The molecule has 0 saturated carbocycles. The van der Waals surface area contributed by atoms with E-state index in [0.717, 1.165) is 6.07 Å². The molecule has 0 radical (unpaired) electrons. The van der Waals surface area contributed by atoms with Crippen molar-refractivity contribution in [2.75, 3.05) is 5.32 Å². The molecule has 3 aromatic rings. The van der Waals surface area contributed by atoms with Crippen LogP contribution in [0.15, 0.2) is 59.7 Å². The molecule has 2 aromatic carbocycles. The van der Waals surface area contributed by atoms with Crippen LogP contribution in [0.1, 0.15) is 22.5 Å². The van der Waals surface area contributed by atoms with Crippen LogP contribution in [0.25, 0.3) is 5.69 Å². The van der Waals surface area contributed by atoms with Crippen LogP contribution in [0, 0.1) is 13.8 Å². The van der Waals surface area contributed by atoms with Gasteiger partial charge in [0.15, 0.2) is 0 Å². The third-order valence-corrected chi connectivity index (χ3v) is 4.85. The van der Waals surface area contributed by atoms with Crippen LogP contribution in [-0.2, 0) is 15.8 Å². The Morgan fingerprint density at radius 1 is 1.03 bits per heavy atom. The van der Waals surface area contributed by atoms with Crippen LogP contribution in [0.5, 0.6) is 0 Å². The van der Waals surface area contributed by atoms with E-state index in [1.54, 1.807) is 32.0 Å². The predicted octanol–water partition coefficient (Wildman–Crippen LogP) is 4.86. The molecular weight excluding hydrogens is 445 g/mol. The summed E-state index contributed by atoms with van der Waals surface area (Å²) in [6.07, 6.45) is -3.25. The molecule has 166 valence electrons. The topological polar surface area (TPSA) is 75.5 Å². The number of nitrogens with one attached hydrogen (secondary N) is 2. The quantitative estimate of drug-likeness (QED) is 0.330. The minimum absolute atomic E-state index is 0.0129. The van der Waals surface area contributed by atoms with E-state index in [2.05, 4.69) is 15.8 Å². The second-order valence-corrected chi connectivity index (χ2v) is 7.27. The zero-order valence-electron chi connectivity index (χ0n) is 17.0. The van der Waals surface area contributed by atoms with Gasteiger partial charge in [-0.2, -0.15) is 18.3 Å². The fraction of sp³-hybridized carbons (Fsp3) is 0.136. The Balaban J connectivity index is 1.75. The minimum Gasteiger partial charge on any atom is -0.318 e. The summed E-state index contributed by atoms with van der Waals surface area (Å²) < 4.78 is 41.7. The number of aromatic nitrogens is 1. The molecule has 0 fully saturated rings. The number of amides is 2. The molecule has 0 spiro atoms. The molecule has 0 aliphatic rings. The maximum atomic E-state index is 13.4. The second-order valence-electron chi connectivity index (χ2n) is 6.84. The second kappa shape index (κ2) is 9.27. The summed E-state index contributed by atoms with van der Waals surface area (Å²) in [7, 11) is 0. The SMILES string of the molecule is Cc1cc(/C=N\NC(=O)C(=O)Nc2ccc(Cl)cc2)c(C)n1-c1ccccc1C(F)(F)F. The third-order valence-electron chi connectivity index (χ3n) is 4.60. The Bertz CT molecular complexity index is 1180. The van der Waals surface area contributed by atoms with Gasteiger partial charge in [0.05, 0.1) is 17.5 Å². The molecule has 1 heterocycles. The van der Waals surface area contributed by atoms with Gasteiger partial charge in [-0.05, 0) is 56.3 Å². The number of para-hydroxylation sites is 1. The van der Waals surface area contributed by atoms with Gasteiger partial charge in [-0.1, -0.05) is 23.7 Å². The smallest absolute Gasteiger partial charge is 0.318 e. The summed E-state index contributed by atoms with van der Waals surface area (Å²) in [5.41, 5.74) is 3.22. The number of carbonyl (C=O) groups excluding carboxylic acids is 2. The first-order chi connectivity index (χ1) is 15.1. The van der Waals surface area contributed by atoms with Gasteiger partial charge >= 0.3 is 18.0 Å². The van der Waals surface area contributed by atoms with E-state index < -0.39 is 23.6 Å². The first-order valence-corrected chi connectivity index (χ1v) is 9.71. The first-order valence-electron chi connectivity index (χ1n) is 9.33. The molecule has 0 atom stereocenters. The molecule has 0 aliphatic carbocycles. The Labute approximate surface area is 186 Å². The van der Waals surface area contributed by atoms with Crippen LogP contribution in [-0.4, -0.2) is 22.6 Å². The van der Waals surface area contributed by atoms with Crippen LogP contribution >= 0.6 is 11.6 Å². The van der Waals surface area contributed by atoms with Crippen molar-refractivity contribution in [3.05, 3.63) is 82.1 Å². The number of aryl methyl sites for hydroxylation is 1. The Kier molecular flexibility index (Phi) is 6.69. The monoisotopic (exact) mass is 462 g/mol. The molecule has 32 heavy (non-hydrogen) atoms. The molecule has 10 heteroatoms. The number of benzene rings is 2. The predicted molar refractivity (Wildman–Crippen MR) is 116 cm³/mol. The molecule has 0 bridgehead atoms. The van der Waals surface area contributed by atoms with E-state index in [-0.39, 0.29) is 5.69 Å². The summed E-state index contributed by atoms with van der Waals surface area (Å²) in [4.78, 5) is 23.9. The number of hydrogen-bond acceptors (Lipinski definition) is 3. The maximum absolute atomic E-state index is 13.4. The van der Waals surface area contributed by atoms with Gasteiger partial charge in [0.2, 0.25) is 0 Å². The van der Waals surface area contributed by atoms with Crippen molar-refractivity contribution in [3.8, 4) is 5.69 Å². The molecule has 6 nitrogen and oxygen atoms in total. The van der Waals surface area contributed by atoms with E-state index in [0.29, 0.717) is 27.7 Å². The van der Waals surface area contributed by atoms with Gasteiger partial charge in [-0.25, -0.2) is 5.43 Å². The van der Waals surface area contributed by atoms with Crippen molar-refractivity contribution in [1.29, 1.82) is 0 Å². The van der Waals surface area contributed by atoms with E-state index >= 15 is 0 Å². The van der Waals surface area contributed by atoms with Gasteiger partial charge in [-0.3, -0.25) is 9.59 Å². The van der Waals surface area contributed by atoms with E-state index in [9.17, 15) is 22.8 Å². The highest BCUT2D eigenvalue weighted by molar-refractivity contribution is 6.39. The standard InChI is InChI=1S/C22H18ClF3N4O2/c1-13-11-15(14(2)30(13)19-6-4-3-5-18(19)22(24,25)26)12-27-29-21(32)20(31)28-17-9-7-16(23)8-10-17/h3-12H,1-2H3,(H,28,31)(H,29,32)/b27-12-. The molecule has 1 aromatic heterocycles. The van der Waals surface area contributed by atoms with E-state index in [4.69, 9.17) is 11.6 Å². The summed E-state index contributed by atoms with van der Waals surface area (Å²) in [6, 6.07) is 13.1. The molecule has 2 N–H and O–H groups in total. The summed E-state index contributed by atoms with van der Waals surface area (Å²) in [6.45, 7) is 3.30. The normalized spacial score (nSPS) is 11.6. The summed E-state index contributed by atoms with van der Waals surface area (Å²) in [5.74, 6) is -1.94. The van der Waals surface area contributed by atoms with Gasteiger partial charge in [0, 0.05) is 27.7 Å². The number of alkyl halides is 3. The number of halogens is 4. The van der Waals surface area contributed by atoms with Crippen molar-refractivity contribution in [2.45, 2.75) is 20.0 Å². The Hall–Kier alpha value is -3.59. The van der Waals surface area contributed by atoms with Crippen molar-refractivity contribution >= 4 is 35.3 Å². The number of nitrogens with zero attached hydrogens (tertiary/aromatic N) is 2. The summed E-state index contributed by atoms with van der Waals surface area (Å²) in [5, 5.41) is 6.63. The molecule has 3 rings (SSSR count). The molecule has 0 aliphatic heterocycles. The highest BCUT2D eigenvalue weighted by atomic mass is 35.5.